The highest BCUT2D eigenvalue weighted by molar-refractivity contribution is 5.92. The van der Waals surface area contributed by atoms with Crippen molar-refractivity contribution in [3.05, 3.63) is 47.2 Å². The zero-order valence-electron chi connectivity index (χ0n) is 18.3. The van der Waals surface area contributed by atoms with Crippen molar-refractivity contribution >= 4 is 11.9 Å². The van der Waals surface area contributed by atoms with Crippen molar-refractivity contribution < 1.29 is 28.9 Å². The van der Waals surface area contributed by atoms with E-state index in [1.165, 1.54) is 7.11 Å². The number of allylic oxidation sites excluding steroid dienone is 1. The number of nitrogens with one attached hydrogen (secondary N) is 1. The summed E-state index contributed by atoms with van der Waals surface area (Å²) < 4.78 is 16.7. The minimum absolute atomic E-state index is 0.0703. The lowest BCUT2D eigenvalue weighted by Gasteiger charge is -2.37. The zero-order valence-corrected chi connectivity index (χ0v) is 18.3. The van der Waals surface area contributed by atoms with E-state index in [-0.39, 0.29) is 36.2 Å². The predicted octanol–water partition coefficient (Wildman–Crippen LogP) is 3.28. The van der Waals surface area contributed by atoms with Crippen molar-refractivity contribution in [1.82, 2.24) is 5.32 Å². The number of aliphatic hydroxyl groups excluding tert-OH is 1. The van der Waals surface area contributed by atoms with Crippen LogP contribution in [0.4, 0.5) is 0 Å². The van der Waals surface area contributed by atoms with Crippen molar-refractivity contribution in [1.29, 1.82) is 0 Å². The third-order valence-corrected chi connectivity index (χ3v) is 6.04. The number of carbonyl (C=O) groups is 2. The molecule has 170 valence electrons. The molecule has 2 aliphatic rings. The summed E-state index contributed by atoms with van der Waals surface area (Å²) in [5.74, 6) is -0.553. The Morgan fingerprint density at radius 2 is 1.90 bits per heavy atom. The van der Waals surface area contributed by atoms with Gasteiger partial charge >= 0.3 is 5.97 Å². The number of carbonyl (C=O) groups excluding carboxylic acids is 2. The number of aliphatic hydroxyl groups is 1. The third kappa shape index (κ3) is 5.86. The fraction of sp³-hybridized carbons (Fsp3) is 0.583. The van der Waals surface area contributed by atoms with Gasteiger partial charge < -0.3 is 24.6 Å². The van der Waals surface area contributed by atoms with E-state index in [4.69, 9.17) is 14.2 Å². The lowest BCUT2D eigenvalue weighted by molar-refractivity contribution is -0.166. The maximum atomic E-state index is 12.9. The zero-order chi connectivity index (χ0) is 22.2. The summed E-state index contributed by atoms with van der Waals surface area (Å²) in [7, 11) is 1.35. The first-order chi connectivity index (χ1) is 15.1. The summed E-state index contributed by atoms with van der Waals surface area (Å²) in [5, 5.41) is 12.5. The van der Waals surface area contributed by atoms with E-state index in [1.54, 1.807) is 12.1 Å². The standard InChI is InChI=1S/C24H33NO6/c1-3-30-24-19(9-6-14-26)20(16-10-12-17(13-11-16)23(28)29-2)15-21(31-24)22(27)25-18-7-4-5-8-18/h10-13,15,18-20,24,26H,3-9,14H2,1-2H3,(H,25,27)/t19-,20-,24-/m0/s1. The molecule has 1 aliphatic carbocycles. The molecule has 1 aromatic rings. The molecule has 0 spiro atoms. The quantitative estimate of drug-likeness (QED) is 0.583. The van der Waals surface area contributed by atoms with Crippen molar-refractivity contribution in [3.8, 4) is 0 Å². The number of hydrogen-bond donors (Lipinski definition) is 2. The highest BCUT2D eigenvalue weighted by atomic mass is 16.7. The molecule has 1 aliphatic heterocycles. The van der Waals surface area contributed by atoms with Gasteiger partial charge in [0.25, 0.3) is 5.91 Å². The summed E-state index contributed by atoms with van der Waals surface area (Å²) in [5.41, 5.74) is 1.42. The first-order valence-corrected chi connectivity index (χ1v) is 11.2. The van der Waals surface area contributed by atoms with Gasteiger partial charge in [0.05, 0.1) is 12.7 Å². The van der Waals surface area contributed by atoms with Gasteiger partial charge in [-0.3, -0.25) is 4.79 Å². The molecule has 31 heavy (non-hydrogen) atoms. The predicted molar refractivity (Wildman–Crippen MR) is 115 cm³/mol. The maximum absolute atomic E-state index is 12.9. The summed E-state index contributed by atoms with van der Waals surface area (Å²) in [6.07, 6.45) is 6.79. The van der Waals surface area contributed by atoms with Gasteiger partial charge in [0.15, 0.2) is 5.76 Å². The Hall–Kier alpha value is -2.38. The molecule has 0 aromatic heterocycles. The molecule has 1 heterocycles. The van der Waals surface area contributed by atoms with Crippen molar-refractivity contribution in [2.24, 2.45) is 5.92 Å². The van der Waals surface area contributed by atoms with Crippen LogP contribution >= 0.6 is 0 Å². The average Bonchev–Trinajstić information content (AvgIpc) is 3.30. The van der Waals surface area contributed by atoms with Gasteiger partial charge in [-0.2, -0.15) is 0 Å². The molecular weight excluding hydrogens is 398 g/mol. The molecule has 3 rings (SSSR count). The van der Waals surface area contributed by atoms with Gasteiger partial charge in [0, 0.05) is 31.1 Å². The number of ether oxygens (including phenoxy) is 3. The number of rotatable bonds is 9. The van der Waals surface area contributed by atoms with Crippen molar-refractivity contribution in [2.45, 2.75) is 63.7 Å². The van der Waals surface area contributed by atoms with Gasteiger partial charge in [0.2, 0.25) is 6.29 Å². The first kappa shape index (κ1) is 23.3. The molecule has 7 heteroatoms. The van der Waals surface area contributed by atoms with E-state index < -0.39 is 12.3 Å². The molecule has 7 nitrogen and oxygen atoms in total. The summed E-state index contributed by atoms with van der Waals surface area (Å²) in [6, 6.07) is 7.39. The van der Waals surface area contributed by atoms with Crippen LogP contribution in [0.2, 0.25) is 0 Å². The van der Waals surface area contributed by atoms with E-state index in [0.717, 1.165) is 31.2 Å². The Balaban J connectivity index is 1.89. The van der Waals surface area contributed by atoms with Crippen LogP contribution in [0.25, 0.3) is 0 Å². The monoisotopic (exact) mass is 431 g/mol. The molecular formula is C24H33NO6. The fourth-order valence-electron chi connectivity index (χ4n) is 4.43. The van der Waals surface area contributed by atoms with Gasteiger partial charge in [-0.05, 0) is 56.4 Å². The Bertz CT molecular complexity index is 769. The first-order valence-electron chi connectivity index (χ1n) is 11.2. The molecule has 0 radical (unpaired) electrons. The lowest BCUT2D eigenvalue weighted by Crippen LogP contribution is -2.41. The normalized spacial score (nSPS) is 23.7. The van der Waals surface area contributed by atoms with Crippen molar-refractivity contribution in [2.75, 3.05) is 20.3 Å². The number of hydrogen-bond acceptors (Lipinski definition) is 6. The highest BCUT2D eigenvalue weighted by Crippen LogP contribution is 2.39. The topological polar surface area (TPSA) is 94.1 Å². The van der Waals surface area contributed by atoms with Crippen molar-refractivity contribution in [3.63, 3.8) is 0 Å². The molecule has 1 aromatic carbocycles. The van der Waals surface area contributed by atoms with Crippen LogP contribution in [0.5, 0.6) is 0 Å². The van der Waals surface area contributed by atoms with Crippen LogP contribution in [0, 0.1) is 5.92 Å². The van der Waals surface area contributed by atoms with E-state index in [9.17, 15) is 14.7 Å². The number of methoxy groups -OCH3 is 1. The van der Waals surface area contributed by atoms with Crippen LogP contribution in [0.1, 0.15) is 67.3 Å². The van der Waals surface area contributed by atoms with Crippen LogP contribution < -0.4 is 5.32 Å². The van der Waals surface area contributed by atoms with Crippen LogP contribution in [-0.2, 0) is 19.0 Å². The molecule has 1 saturated carbocycles. The summed E-state index contributed by atoms with van der Waals surface area (Å²) in [4.78, 5) is 24.7. The van der Waals surface area contributed by atoms with Crippen LogP contribution in [0.15, 0.2) is 36.1 Å². The summed E-state index contributed by atoms with van der Waals surface area (Å²) >= 11 is 0. The molecule has 1 fully saturated rings. The van der Waals surface area contributed by atoms with Gasteiger partial charge in [-0.25, -0.2) is 4.79 Å². The molecule has 2 N–H and O–H groups in total. The van der Waals surface area contributed by atoms with Crippen LogP contribution in [-0.4, -0.2) is 49.6 Å². The Morgan fingerprint density at radius 3 is 2.52 bits per heavy atom. The minimum atomic E-state index is -0.587. The molecule has 0 unspecified atom stereocenters. The molecule has 3 atom stereocenters. The molecule has 0 saturated heterocycles. The Labute approximate surface area is 183 Å². The van der Waals surface area contributed by atoms with Crippen LogP contribution in [0.3, 0.4) is 0 Å². The second-order valence-electron chi connectivity index (χ2n) is 8.10. The second-order valence-corrected chi connectivity index (χ2v) is 8.10. The SMILES string of the molecule is CCO[C@H]1OC(C(=O)NC2CCCC2)=C[C@@H](c2ccc(C(=O)OC)cc2)[C@@H]1CCCO. The minimum Gasteiger partial charge on any atom is -0.465 e. The van der Waals surface area contributed by atoms with Gasteiger partial charge in [-0.15, -0.1) is 0 Å². The Kier molecular flexibility index (Phi) is 8.49. The van der Waals surface area contributed by atoms with E-state index in [1.807, 2.05) is 25.1 Å². The molecule has 0 bridgehead atoms. The fourth-order valence-corrected chi connectivity index (χ4v) is 4.43. The molecule has 1 amide bonds. The number of benzene rings is 1. The van der Waals surface area contributed by atoms with E-state index >= 15 is 0 Å². The highest BCUT2D eigenvalue weighted by Gasteiger charge is 2.38. The summed E-state index contributed by atoms with van der Waals surface area (Å²) in [6.45, 7) is 2.41. The van der Waals surface area contributed by atoms with E-state index in [0.29, 0.717) is 25.0 Å². The smallest absolute Gasteiger partial charge is 0.337 e. The third-order valence-electron chi connectivity index (χ3n) is 6.04. The average molecular weight is 432 g/mol. The number of esters is 1. The lowest BCUT2D eigenvalue weighted by atomic mass is 9.80. The van der Waals surface area contributed by atoms with Gasteiger partial charge in [0.1, 0.15) is 0 Å². The van der Waals surface area contributed by atoms with Gasteiger partial charge in [-0.1, -0.05) is 25.0 Å². The number of amides is 1. The van der Waals surface area contributed by atoms with E-state index in [2.05, 4.69) is 5.32 Å². The maximum Gasteiger partial charge on any atom is 0.337 e. The Morgan fingerprint density at radius 1 is 1.19 bits per heavy atom. The second kappa shape index (κ2) is 11.3. The largest absolute Gasteiger partial charge is 0.465 e.